The van der Waals surface area contributed by atoms with E-state index in [4.69, 9.17) is 9.72 Å². The first kappa shape index (κ1) is 21.2. The fourth-order valence-electron chi connectivity index (χ4n) is 3.77. The number of hydrogen-bond donors (Lipinski definition) is 0. The number of ether oxygens (including phenoxy) is 1. The van der Waals surface area contributed by atoms with Crippen molar-refractivity contribution in [3.63, 3.8) is 0 Å². The number of aryl methyl sites for hydroxylation is 2. The minimum Gasteiger partial charge on any atom is -0.484 e. The van der Waals surface area contributed by atoms with E-state index in [0.717, 1.165) is 34.0 Å². The molecule has 166 valence electrons. The van der Waals surface area contributed by atoms with Gasteiger partial charge in [0.05, 0.1) is 16.5 Å². The van der Waals surface area contributed by atoms with E-state index in [2.05, 4.69) is 24.0 Å². The fraction of sp³-hybridized carbons (Fsp3) is 0.192. The molecule has 0 N–H and O–H groups in total. The molecule has 0 fully saturated rings. The maximum atomic E-state index is 13.3. The van der Waals surface area contributed by atoms with Crippen LogP contribution in [0.5, 0.6) is 5.75 Å². The molecule has 2 aromatic heterocycles. The van der Waals surface area contributed by atoms with Crippen LogP contribution in [0, 0.1) is 6.92 Å². The van der Waals surface area contributed by atoms with Crippen LogP contribution >= 0.6 is 11.3 Å². The predicted octanol–water partition coefficient (Wildman–Crippen LogP) is 5.46. The van der Waals surface area contributed by atoms with Gasteiger partial charge < -0.3 is 9.30 Å². The summed E-state index contributed by atoms with van der Waals surface area (Å²) in [5.41, 5.74) is 2.08. The number of benzene rings is 3. The average molecular weight is 457 g/mol. The lowest BCUT2D eigenvalue weighted by Crippen LogP contribution is -2.36. The third-order valence-electron chi connectivity index (χ3n) is 5.51. The second-order valence-corrected chi connectivity index (χ2v) is 8.97. The molecule has 7 heteroatoms. The van der Waals surface area contributed by atoms with Gasteiger partial charge >= 0.3 is 0 Å². The van der Waals surface area contributed by atoms with Crippen LogP contribution in [-0.4, -0.2) is 33.6 Å². The quantitative estimate of drug-likeness (QED) is 0.311. The Kier molecular flexibility index (Phi) is 6.04. The highest BCUT2D eigenvalue weighted by Gasteiger charge is 2.20. The van der Waals surface area contributed by atoms with Gasteiger partial charge in [0.1, 0.15) is 5.75 Å². The molecule has 5 rings (SSSR count). The maximum Gasteiger partial charge on any atom is 0.266 e. The summed E-state index contributed by atoms with van der Waals surface area (Å²) in [5, 5.41) is 2.93. The molecule has 0 bridgehead atoms. The van der Waals surface area contributed by atoms with Crippen LogP contribution in [0.2, 0.25) is 0 Å². The van der Waals surface area contributed by atoms with Crippen LogP contribution in [0.15, 0.2) is 79.4 Å². The molecule has 0 atom stereocenters. The van der Waals surface area contributed by atoms with E-state index < -0.39 is 0 Å². The molecule has 33 heavy (non-hydrogen) atoms. The summed E-state index contributed by atoms with van der Waals surface area (Å²) in [5.74, 6) is 0.574. The zero-order valence-electron chi connectivity index (χ0n) is 18.3. The van der Waals surface area contributed by atoms with Gasteiger partial charge in [0, 0.05) is 25.5 Å². The summed E-state index contributed by atoms with van der Waals surface area (Å²) in [7, 11) is 0. The summed E-state index contributed by atoms with van der Waals surface area (Å²) in [6.07, 6.45) is 6.26. The number of fused-ring (bicyclic) bond motifs is 2. The van der Waals surface area contributed by atoms with Crippen molar-refractivity contribution in [3.8, 4) is 5.75 Å². The second-order valence-electron chi connectivity index (χ2n) is 7.96. The number of rotatable bonds is 8. The Morgan fingerprint density at radius 1 is 1.09 bits per heavy atom. The van der Waals surface area contributed by atoms with Crippen LogP contribution in [-0.2, 0) is 11.3 Å². The lowest BCUT2D eigenvalue weighted by molar-refractivity contribution is -0.120. The molecule has 0 radical (unpaired) electrons. The van der Waals surface area contributed by atoms with Crippen LogP contribution in [0.1, 0.15) is 12.0 Å². The summed E-state index contributed by atoms with van der Waals surface area (Å²) in [6.45, 7) is 3.35. The standard InChI is InChI=1S/C26H24N4O2S/c1-19-7-10-23-24(15-19)33-26(28-23)30(13-4-12-29-14-11-27-18-29)25(31)17-32-22-9-8-20-5-2-3-6-21(20)16-22/h2-3,5-11,14-16,18H,4,12-13,17H2,1H3. The van der Waals surface area contributed by atoms with Crippen LogP contribution < -0.4 is 9.64 Å². The molecule has 0 unspecified atom stereocenters. The highest BCUT2D eigenvalue weighted by Crippen LogP contribution is 2.30. The van der Waals surface area contributed by atoms with E-state index in [1.807, 2.05) is 59.3 Å². The highest BCUT2D eigenvalue weighted by atomic mass is 32.1. The summed E-state index contributed by atoms with van der Waals surface area (Å²) < 4.78 is 8.98. The number of amides is 1. The van der Waals surface area contributed by atoms with Crippen molar-refractivity contribution in [2.75, 3.05) is 18.1 Å². The van der Waals surface area contributed by atoms with Crippen LogP contribution in [0.25, 0.3) is 21.0 Å². The zero-order chi connectivity index (χ0) is 22.6. The number of anilines is 1. The van der Waals surface area contributed by atoms with Gasteiger partial charge in [-0.25, -0.2) is 9.97 Å². The number of imidazole rings is 1. The van der Waals surface area contributed by atoms with Crippen molar-refractivity contribution >= 4 is 43.4 Å². The van der Waals surface area contributed by atoms with Crippen molar-refractivity contribution < 1.29 is 9.53 Å². The molecule has 0 aliphatic carbocycles. The first-order valence-electron chi connectivity index (χ1n) is 10.9. The smallest absolute Gasteiger partial charge is 0.266 e. The van der Waals surface area contributed by atoms with Gasteiger partial charge in [-0.3, -0.25) is 9.69 Å². The van der Waals surface area contributed by atoms with Crippen LogP contribution in [0.3, 0.4) is 0 Å². The van der Waals surface area contributed by atoms with Gasteiger partial charge in [0.2, 0.25) is 0 Å². The van der Waals surface area contributed by atoms with Gasteiger partial charge in [-0.15, -0.1) is 0 Å². The van der Waals surface area contributed by atoms with E-state index >= 15 is 0 Å². The number of carbonyl (C=O) groups excluding carboxylic acids is 1. The molecule has 0 aliphatic rings. The van der Waals surface area contributed by atoms with Gasteiger partial charge in [0.25, 0.3) is 5.91 Å². The lowest BCUT2D eigenvalue weighted by atomic mass is 10.1. The van der Waals surface area contributed by atoms with Crippen molar-refractivity contribution in [1.82, 2.24) is 14.5 Å². The fourth-order valence-corrected chi connectivity index (χ4v) is 4.88. The van der Waals surface area contributed by atoms with Crippen LogP contribution in [0.4, 0.5) is 5.13 Å². The molecule has 2 heterocycles. The molecule has 6 nitrogen and oxygen atoms in total. The van der Waals surface area contributed by atoms with E-state index in [1.54, 1.807) is 17.4 Å². The molecule has 0 saturated carbocycles. The zero-order valence-corrected chi connectivity index (χ0v) is 19.2. The molecule has 0 spiro atoms. The Bertz CT molecular complexity index is 1390. The third kappa shape index (κ3) is 4.88. The van der Waals surface area contributed by atoms with Crippen molar-refractivity contribution in [3.05, 3.63) is 84.9 Å². The first-order chi connectivity index (χ1) is 16.2. The number of nitrogens with zero attached hydrogens (tertiary/aromatic N) is 4. The molecular weight excluding hydrogens is 432 g/mol. The third-order valence-corrected chi connectivity index (χ3v) is 6.55. The van der Waals surface area contributed by atoms with Gasteiger partial charge in [-0.1, -0.05) is 47.7 Å². The average Bonchev–Trinajstić information content (AvgIpc) is 3.49. The van der Waals surface area contributed by atoms with Crippen molar-refractivity contribution in [1.29, 1.82) is 0 Å². The van der Waals surface area contributed by atoms with Crippen molar-refractivity contribution in [2.45, 2.75) is 19.9 Å². The van der Waals surface area contributed by atoms with E-state index in [-0.39, 0.29) is 12.5 Å². The summed E-state index contributed by atoms with van der Waals surface area (Å²) in [6, 6.07) is 20.1. The molecule has 0 aliphatic heterocycles. The molecule has 0 saturated heterocycles. The monoisotopic (exact) mass is 456 g/mol. The Morgan fingerprint density at radius 2 is 1.97 bits per heavy atom. The number of hydrogen-bond acceptors (Lipinski definition) is 5. The summed E-state index contributed by atoms with van der Waals surface area (Å²) >= 11 is 1.54. The SMILES string of the molecule is Cc1ccc2nc(N(CCCn3ccnc3)C(=O)COc3ccc4ccccc4c3)sc2c1. The van der Waals surface area contributed by atoms with E-state index in [9.17, 15) is 4.79 Å². The molecular formula is C26H24N4O2S. The predicted molar refractivity (Wildman–Crippen MR) is 133 cm³/mol. The Morgan fingerprint density at radius 3 is 2.82 bits per heavy atom. The Balaban J connectivity index is 1.33. The second kappa shape index (κ2) is 9.42. The van der Waals surface area contributed by atoms with Gasteiger partial charge in [-0.2, -0.15) is 0 Å². The topological polar surface area (TPSA) is 60.2 Å². The minimum atomic E-state index is -0.107. The number of thiazole rings is 1. The summed E-state index contributed by atoms with van der Waals surface area (Å²) in [4.78, 5) is 23.8. The van der Waals surface area contributed by atoms with Crippen molar-refractivity contribution in [2.24, 2.45) is 0 Å². The maximum absolute atomic E-state index is 13.3. The number of aromatic nitrogens is 3. The molecule has 5 aromatic rings. The van der Waals surface area contributed by atoms with E-state index in [0.29, 0.717) is 17.4 Å². The Hall–Kier alpha value is -3.71. The Labute approximate surface area is 196 Å². The lowest BCUT2D eigenvalue weighted by Gasteiger charge is -2.20. The minimum absolute atomic E-state index is 0.0433. The van der Waals surface area contributed by atoms with Gasteiger partial charge in [0.15, 0.2) is 11.7 Å². The molecule has 1 amide bonds. The van der Waals surface area contributed by atoms with E-state index in [1.165, 1.54) is 16.9 Å². The number of carbonyl (C=O) groups is 1. The molecule has 3 aromatic carbocycles. The van der Waals surface area contributed by atoms with Gasteiger partial charge in [-0.05, 0) is 53.9 Å². The largest absolute Gasteiger partial charge is 0.484 e. The normalized spacial score (nSPS) is 11.2. The highest BCUT2D eigenvalue weighted by molar-refractivity contribution is 7.22. The first-order valence-corrected chi connectivity index (χ1v) is 11.7.